The number of Topliss-reactive ketones (excluding diaryl/α,β-unsaturated/α-hetero) is 1. The molecule has 0 unspecified atom stereocenters. The van der Waals surface area contributed by atoms with Crippen LogP contribution in [0.2, 0.25) is 0 Å². The Morgan fingerprint density at radius 3 is 2.71 bits per heavy atom. The van der Waals surface area contributed by atoms with Crippen molar-refractivity contribution in [2.24, 2.45) is 0 Å². The van der Waals surface area contributed by atoms with E-state index in [1.807, 2.05) is 18.2 Å². The number of fused-ring (bicyclic) bond motifs is 1. The molecule has 3 nitrogen and oxygen atoms in total. The van der Waals surface area contributed by atoms with Crippen molar-refractivity contribution in [3.05, 3.63) is 36.3 Å². The minimum absolute atomic E-state index is 0.00736. The highest BCUT2D eigenvalue weighted by molar-refractivity contribution is 5.93. The molecule has 0 N–H and O–H groups in total. The highest BCUT2D eigenvalue weighted by Crippen LogP contribution is 2.32. The molecule has 0 amide bonds. The number of benzene rings is 1. The second-order valence-electron chi connectivity index (χ2n) is 4.03. The van der Waals surface area contributed by atoms with Gasteiger partial charge in [-0.25, -0.2) is 0 Å². The minimum atomic E-state index is 0.00736. The molecule has 0 bridgehead atoms. The van der Waals surface area contributed by atoms with E-state index in [1.165, 1.54) is 6.26 Å². The number of carbonyl (C=O) groups is 1. The third-order valence-corrected chi connectivity index (χ3v) is 2.64. The summed E-state index contributed by atoms with van der Waals surface area (Å²) in [5, 5.41) is 0. The predicted molar refractivity (Wildman–Crippen MR) is 64.9 cm³/mol. The second kappa shape index (κ2) is 5.53. The molecule has 90 valence electrons. The first-order valence-electron chi connectivity index (χ1n) is 5.98. The summed E-state index contributed by atoms with van der Waals surface area (Å²) < 4.78 is 10.9. The van der Waals surface area contributed by atoms with E-state index in [0.29, 0.717) is 23.7 Å². The summed E-state index contributed by atoms with van der Waals surface area (Å²) in [5.74, 6) is 1.57. The molecule has 3 heteroatoms. The van der Waals surface area contributed by atoms with Crippen LogP contribution in [0, 0.1) is 0 Å². The van der Waals surface area contributed by atoms with Gasteiger partial charge < -0.3 is 9.47 Å². The van der Waals surface area contributed by atoms with E-state index in [1.54, 1.807) is 6.07 Å². The van der Waals surface area contributed by atoms with Gasteiger partial charge >= 0.3 is 0 Å². The molecule has 0 radical (unpaired) electrons. The Hall–Kier alpha value is -1.77. The molecular weight excluding hydrogens is 216 g/mol. The highest BCUT2D eigenvalue weighted by atomic mass is 16.6. The summed E-state index contributed by atoms with van der Waals surface area (Å²) in [5.41, 5.74) is 0. The number of ketones is 1. The van der Waals surface area contributed by atoms with Crippen LogP contribution in [0.1, 0.15) is 32.6 Å². The minimum Gasteiger partial charge on any atom is -0.457 e. The van der Waals surface area contributed by atoms with Crippen molar-refractivity contribution in [1.29, 1.82) is 0 Å². The van der Waals surface area contributed by atoms with Crippen molar-refractivity contribution < 1.29 is 14.3 Å². The van der Waals surface area contributed by atoms with E-state index >= 15 is 0 Å². The summed E-state index contributed by atoms with van der Waals surface area (Å²) >= 11 is 0. The molecule has 0 spiro atoms. The normalized spacial score (nSPS) is 13.1. The number of rotatable bonds is 5. The van der Waals surface area contributed by atoms with E-state index in [4.69, 9.17) is 9.47 Å². The van der Waals surface area contributed by atoms with Gasteiger partial charge in [0.05, 0.1) is 0 Å². The van der Waals surface area contributed by atoms with E-state index in [2.05, 4.69) is 6.92 Å². The lowest BCUT2D eigenvalue weighted by molar-refractivity contribution is -0.118. The quantitative estimate of drug-likeness (QED) is 0.729. The van der Waals surface area contributed by atoms with Crippen molar-refractivity contribution in [2.75, 3.05) is 0 Å². The first-order chi connectivity index (χ1) is 8.31. The maximum Gasteiger partial charge on any atom is 0.205 e. The van der Waals surface area contributed by atoms with Crippen LogP contribution in [0.3, 0.4) is 0 Å². The van der Waals surface area contributed by atoms with E-state index < -0.39 is 0 Å². The zero-order chi connectivity index (χ0) is 12.1. The molecule has 0 saturated carbocycles. The van der Waals surface area contributed by atoms with Crippen molar-refractivity contribution in [2.45, 2.75) is 32.6 Å². The number of hydrogen-bond donors (Lipinski definition) is 0. The maximum absolute atomic E-state index is 11.8. The van der Waals surface area contributed by atoms with Crippen LogP contribution in [0.5, 0.6) is 11.5 Å². The van der Waals surface area contributed by atoms with Gasteiger partial charge in [0.2, 0.25) is 11.5 Å². The van der Waals surface area contributed by atoms with E-state index in [9.17, 15) is 4.79 Å². The third kappa shape index (κ3) is 2.87. The van der Waals surface area contributed by atoms with E-state index in [-0.39, 0.29) is 5.78 Å². The molecule has 0 fully saturated rings. The van der Waals surface area contributed by atoms with Gasteiger partial charge in [-0.2, -0.15) is 0 Å². The standard InChI is InChI=1S/C14H16O3/c1-2-3-4-7-11(15)14-10-16-12-8-5-6-9-13(12)17-14/h5-6,8-10H,2-4,7H2,1H3. The Morgan fingerprint density at radius 2 is 1.94 bits per heavy atom. The molecule has 0 saturated heterocycles. The van der Waals surface area contributed by atoms with Crippen LogP contribution in [-0.4, -0.2) is 5.78 Å². The van der Waals surface area contributed by atoms with Crippen LogP contribution in [0.4, 0.5) is 0 Å². The Bertz CT molecular complexity index is 435. The maximum atomic E-state index is 11.8. The smallest absolute Gasteiger partial charge is 0.205 e. The first kappa shape index (κ1) is 11.7. The Kier molecular flexibility index (Phi) is 3.81. The SMILES string of the molecule is CCCCCC(=O)C1=COc2ccccc2O1. The zero-order valence-electron chi connectivity index (χ0n) is 9.94. The molecule has 17 heavy (non-hydrogen) atoms. The van der Waals surface area contributed by atoms with Crippen molar-refractivity contribution >= 4 is 5.78 Å². The Labute approximate surface area is 101 Å². The van der Waals surface area contributed by atoms with Gasteiger partial charge in [0.25, 0.3) is 0 Å². The van der Waals surface area contributed by atoms with Gasteiger partial charge in [0.15, 0.2) is 11.5 Å². The summed E-state index contributed by atoms with van der Waals surface area (Å²) in [6, 6.07) is 7.32. The Balaban J connectivity index is 1.96. The summed E-state index contributed by atoms with van der Waals surface area (Å²) in [4.78, 5) is 11.8. The third-order valence-electron chi connectivity index (χ3n) is 2.64. The number of unbranched alkanes of at least 4 members (excludes halogenated alkanes) is 2. The van der Waals surface area contributed by atoms with Crippen molar-refractivity contribution in [1.82, 2.24) is 0 Å². The Morgan fingerprint density at radius 1 is 1.18 bits per heavy atom. The van der Waals surface area contributed by atoms with Crippen molar-refractivity contribution in [3.8, 4) is 11.5 Å². The topological polar surface area (TPSA) is 35.5 Å². The van der Waals surface area contributed by atoms with Gasteiger partial charge in [-0.3, -0.25) is 4.79 Å². The second-order valence-corrected chi connectivity index (χ2v) is 4.03. The van der Waals surface area contributed by atoms with Gasteiger partial charge in [-0.15, -0.1) is 0 Å². The lowest BCUT2D eigenvalue weighted by atomic mass is 10.1. The fourth-order valence-corrected chi connectivity index (χ4v) is 1.67. The molecule has 0 atom stereocenters. The lowest BCUT2D eigenvalue weighted by Gasteiger charge is -2.16. The van der Waals surface area contributed by atoms with Crippen LogP contribution < -0.4 is 9.47 Å². The summed E-state index contributed by atoms with van der Waals surface area (Å²) in [6.45, 7) is 2.11. The number of allylic oxidation sites excluding steroid dienone is 1. The number of hydrogen-bond acceptors (Lipinski definition) is 3. The van der Waals surface area contributed by atoms with Gasteiger partial charge in [0, 0.05) is 6.42 Å². The van der Waals surface area contributed by atoms with Crippen LogP contribution in [0.15, 0.2) is 36.3 Å². The highest BCUT2D eigenvalue weighted by Gasteiger charge is 2.18. The van der Waals surface area contributed by atoms with Gasteiger partial charge in [0.1, 0.15) is 6.26 Å². The van der Waals surface area contributed by atoms with Crippen LogP contribution in [0.25, 0.3) is 0 Å². The summed E-state index contributed by atoms with van der Waals surface area (Å²) in [7, 11) is 0. The largest absolute Gasteiger partial charge is 0.457 e. The molecule has 0 aliphatic carbocycles. The number of ether oxygens (including phenoxy) is 2. The molecule has 1 aromatic carbocycles. The monoisotopic (exact) mass is 232 g/mol. The van der Waals surface area contributed by atoms with Crippen LogP contribution in [-0.2, 0) is 4.79 Å². The predicted octanol–water partition coefficient (Wildman–Crippen LogP) is 3.45. The first-order valence-corrected chi connectivity index (χ1v) is 5.98. The summed E-state index contributed by atoms with van der Waals surface area (Å²) in [6.07, 6.45) is 4.99. The molecular formula is C14H16O3. The van der Waals surface area contributed by atoms with Gasteiger partial charge in [-0.05, 0) is 18.6 Å². The molecule has 2 rings (SSSR count). The molecule has 1 heterocycles. The van der Waals surface area contributed by atoms with E-state index in [0.717, 1.165) is 19.3 Å². The van der Waals surface area contributed by atoms with Crippen LogP contribution >= 0.6 is 0 Å². The number of para-hydroxylation sites is 2. The molecule has 1 aliphatic rings. The van der Waals surface area contributed by atoms with Gasteiger partial charge in [-0.1, -0.05) is 31.9 Å². The fourth-order valence-electron chi connectivity index (χ4n) is 1.67. The molecule has 1 aliphatic heterocycles. The average molecular weight is 232 g/mol. The fraction of sp³-hybridized carbons (Fsp3) is 0.357. The number of carbonyl (C=O) groups excluding carboxylic acids is 1. The molecule has 1 aromatic rings. The lowest BCUT2D eigenvalue weighted by Crippen LogP contribution is -2.13. The van der Waals surface area contributed by atoms with Crippen molar-refractivity contribution in [3.63, 3.8) is 0 Å². The average Bonchev–Trinajstić information content (AvgIpc) is 2.38. The zero-order valence-corrected chi connectivity index (χ0v) is 9.94. The molecule has 0 aromatic heterocycles.